The second kappa shape index (κ2) is 5.03. The Morgan fingerprint density at radius 2 is 1.95 bits per heavy atom. The Morgan fingerprint density at radius 3 is 2.42 bits per heavy atom. The maximum Gasteiger partial charge on any atom is 0.228 e. The molecule has 19 heavy (non-hydrogen) atoms. The molecule has 0 aromatic carbocycles. The number of sulfone groups is 1. The van der Waals surface area contributed by atoms with Gasteiger partial charge in [0.1, 0.15) is 0 Å². The first-order valence-electron chi connectivity index (χ1n) is 6.62. The molecule has 0 aromatic rings. The molecule has 3 N–H and O–H groups in total. The Morgan fingerprint density at radius 1 is 1.32 bits per heavy atom. The molecule has 6 nitrogen and oxygen atoms in total. The zero-order valence-corrected chi connectivity index (χ0v) is 12.1. The van der Waals surface area contributed by atoms with Crippen LogP contribution in [0.5, 0.6) is 0 Å². The first-order chi connectivity index (χ1) is 8.81. The number of nitrogens with two attached hydrogens (primary N) is 1. The van der Waals surface area contributed by atoms with Crippen LogP contribution in [-0.2, 0) is 19.4 Å². The molecule has 0 aliphatic carbocycles. The highest BCUT2D eigenvalue weighted by molar-refractivity contribution is 7.91. The average Bonchev–Trinajstić information content (AvgIpc) is 2.64. The number of nitrogens with one attached hydrogen (secondary N) is 1. The van der Waals surface area contributed by atoms with E-state index in [4.69, 9.17) is 10.5 Å². The van der Waals surface area contributed by atoms with Crippen molar-refractivity contribution >= 4 is 15.7 Å². The van der Waals surface area contributed by atoms with Crippen LogP contribution in [0, 0.1) is 5.41 Å². The Kier molecular flexibility index (Phi) is 3.90. The van der Waals surface area contributed by atoms with Crippen LogP contribution in [0.2, 0.25) is 0 Å². The van der Waals surface area contributed by atoms with Crippen LogP contribution in [-0.4, -0.2) is 51.1 Å². The summed E-state index contributed by atoms with van der Waals surface area (Å²) in [6.45, 7) is 3.11. The number of hydrogen-bond acceptors (Lipinski definition) is 5. The van der Waals surface area contributed by atoms with E-state index in [9.17, 15) is 13.2 Å². The van der Waals surface area contributed by atoms with Crippen molar-refractivity contribution < 1.29 is 17.9 Å². The lowest BCUT2D eigenvalue weighted by Gasteiger charge is -2.37. The van der Waals surface area contributed by atoms with E-state index in [1.165, 1.54) is 0 Å². The third-order valence-electron chi connectivity index (χ3n) is 4.24. The van der Waals surface area contributed by atoms with Gasteiger partial charge in [-0.25, -0.2) is 8.42 Å². The van der Waals surface area contributed by atoms with Gasteiger partial charge in [0.2, 0.25) is 5.91 Å². The third kappa shape index (κ3) is 3.09. The molecule has 0 spiro atoms. The summed E-state index contributed by atoms with van der Waals surface area (Å²) in [5.41, 5.74) is 4.52. The molecular weight excluding hydrogens is 268 g/mol. The number of hydrogen-bond donors (Lipinski definition) is 2. The summed E-state index contributed by atoms with van der Waals surface area (Å²) in [5.74, 6) is 0.0312. The normalized spacial score (nSPS) is 32.9. The van der Waals surface area contributed by atoms with Crippen molar-refractivity contribution in [3.8, 4) is 0 Å². The second-order valence-corrected chi connectivity index (χ2v) is 8.14. The van der Waals surface area contributed by atoms with Gasteiger partial charge in [0.25, 0.3) is 0 Å². The second-order valence-electron chi connectivity index (χ2n) is 5.95. The van der Waals surface area contributed by atoms with Crippen LogP contribution in [0.1, 0.15) is 26.2 Å². The van der Waals surface area contributed by atoms with Crippen molar-refractivity contribution in [2.45, 2.75) is 31.7 Å². The standard InChI is InChI=1S/C12H22N2O4S/c1-11(4-7-19(16,17)9-11)14-10(15)12(8-13)2-5-18-6-3-12/h2-9,13H2,1H3,(H,14,15). The van der Waals surface area contributed by atoms with Gasteiger partial charge < -0.3 is 15.8 Å². The number of carbonyl (C=O) groups is 1. The highest BCUT2D eigenvalue weighted by atomic mass is 32.2. The number of amides is 1. The van der Waals surface area contributed by atoms with Crippen molar-refractivity contribution in [2.75, 3.05) is 31.3 Å². The average molecular weight is 290 g/mol. The maximum absolute atomic E-state index is 12.5. The Balaban J connectivity index is 2.08. The Bertz CT molecular complexity index is 456. The fourth-order valence-corrected chi connectivity index (χ4v) is 4.89. The lowest BCUT2D eigenvalue weighted by molar-refractivity contribution is -0.137. The maximum atomic E-state index is 12.5. The first kappa shape index (κ1) is 14.7. The molecule has 0 aromatic heterocycles. The van der Waals surface area contributed by atoms with E-state index < -0.39 is 20.8 Å². The van der Waals surface area contributed by atoms with Crippen LogP contribution in [0.15, 0.2) is 0 Å². The molecule has 1 atom stereocenters. The summed E-state index contributed by atoms with van der Waals surface area (Å²) in [4.78, 5) is 12.5. The number of rotatable bonds is 3. The fourth-order valence-electron chi connectivity index (χ4n) is 2.80. The number of ether oxygens (including phenoxy) is 1. The quantitative estimate of drug-likeness (QED) is 0.725. The molecule has 2 fully saturated rings. The van der Waals surface area contributed by atoms with Gasteiger partial charge in [-0.3, -0.25) is 4.79 Å². The summed E-state index contributed by atoms with van der Waals surface area (Å²) in [5, 5.41) is 2.92. The molecule has 2 aliphatic heterocycles. The molecule has 0 radical (unpaired) electrons. The molecule has 2 heterocycles. The molecule has 1 unspecified atom stereocenters. The molecule has 2 saturated heterocycles. The summed E-state index contributed by atoms with van der Waals surface area (Å²) >= 11 is 0. The monoisotopic (exact) mass is 290 g/mol. The number of carbonyl (C=O) groups excluding carboxylic acids is 1. The van der Waals surface area contributed by atoms with Crippen molar-refractivity contribution in [3.63, 3.8) is 0 Å². The molecule has 0 bridgehead atoms. The van der Waals surface area contributed by atoms with E-state index in [0.717, 1.165) is 0 Å². The highest BCUT2D eigenvalue weighted by Crippen LogP contribution is 2.32. The van der Waals surface area contributed by atoms with E-state index in [-0.39, 0.29) is 24.0 Å². The van der Waals surface area contributed by atoms with Crippen molar-refractivity contribution in [2.24, 2.45) is 11.1 Å². The molecule has 2 rings (SSSR count). The largest absolute Gasteiger partial charge is 0.381 e. The third-order valence-corrected chi connectivity index (χ3v) is 6.14. The summed E-state index contributed by atoms with van der Waals surface area (Å²) in [6.07, 6.45) is 1.66. The van der Waals surface area contributed by atoms with Gasteiger partial charge in [0.15, 0.2) is 9.84 Å². The molecule has 1 amide bonds. The minimum atomic E-state index is -3.03. The van der Waals surface area contributed by atoms with Gasteiger partial charge in [0.05, 0.1) is 22.5 Å². The van der Waals surface area contributed by atoms with Crippen molar-refractivity contribution in [1.29, 1.82) is 0 Å². The van der Waals surface area contributed by atoms with E-state index in [1.807, 2.05) is 0 Å². The Hall–Kier alpha value is -0.660. The predicted octanol–water partition coefficient (Wildman–Crippen LogP) is -0.565. The van der Waals surface area contributed by atoms with Gasteiger partial charge in [-0.1, -0.05) is 0 Å². The van der Waals surface area contributed by atoms with Crippen LogP contribution in [0.4, 0.5) is 0 Å². The smallest absolute Gasteiger partial charge is 0.228 e. The van der Waals surface area contributed by atoms with Crippen LogP contribution in [0.3, 0.4) is 0 Å². The Labute approximate surface area is 114 Å². The highest BCUT2D eigenvalue weighted by Gasteiger charge is 2.45. The fraction of sp³-hybridized carbons (Fsp3) is 0.917. The van der Waals surface area contributed by atoms with E-state index in [1.54, 1.807) is 6.92 Å². The predicted molar refractivity (Wildman–Crippen MR) is 71.4 cm³/mol. The zero-order chi connectivity index (χ0) is 14.1. The summed E-state index contributed by atoms with van der Waals surface area (Å²) in [7, 11) is -3.03. The first-order valence-corrected chi connectivity index (χ1v) is 8.44. The van der Waals surface area contributed by atoms with E-state index in [2.05, 4.69) is 5.32 Å². The van der Waals surface area contributed by atoms with Crippen molar-refractivity contribution in [3.05, 3.63) is 0 Å². The van der Waals surface area contributed by atoms with Gasteiger partial charge in [-0.05, 0) is 26.2 Å². The molecular formula is C12H22N2O4S. The van der Waals surface area contributed by atoms with Gasteiger partial charge in [0, 0.05) is 19.8 Å². The van der Waals surface area contributed by atoms with Crippen LogP contribution >= 0.6 is 0 Å². The zero-order valence-electron chi connectivity index (χ0n) is 11.3. The molecule has 7 heteroatoms. The molecule has 0 saturated carbocycles. The molecule has 110 valence electrons. The minimum absolute atomic E-state index is 0.0168. The van der Waals surface area contributed by atoms with Crippen LogP contribution in [0.25, 0.3) is 0 Å². The SMILES string of the molecule is CC1(NC(=O)C2(CN)CCOCC2)CCS(=O)(=O)C1. The summed E-state index contributed by atoms with van der Waals surface area (Å²) in [6, 6.07) is 0. The molecule has 2 aliphatic rings. The summed E-state index contributed by atoms with van der Waals surface area (Å²) < 4.78 is 28.4. The van der Waals surface area contributed by atoms with Gasteiger partial charge >= 0.3 is 0 Å². The van der Waals surface area contributed by atoms with Gasteiger partial charge in [-0.15, -0.1) is 0 Å². The lowest BCUT2D eigenvalue weighted by atomic mass is 9.78. The topological polar surface area (TPSA) is 98.5 Å². The van der Waals surface area contributed by atoms with Crippen LogP contribution < -0.4 is 11.1 Å². The minimum Gasteiger partial charge on any atom is -0.381 e. The van der Waals surface area contributed by atoms with E-state index in [0.29, 0.717) is 32.5 Å². The lowest BCUT2D eigenvalue weighted by Crippen LogP contribution is -2.56. The van der Waals surface area contributed by atoms with E-state index >= 15 is 0 Å². The van der Waals surface area contributed by atoms with Crippen molar-refractivity contribution in [1.82, 2.24) is 5.32 Å². The van der Waals surface area contributed by atoms with Gasteiger partial charge in [-0.2, -0.15) is 0 Å².